The molecule has 15 heavy (non-hydrogen) atoms. The van der Waals surface area contributed by atoms with E-state index in [1.54, 1.807) is 0 Å². The van der Waals surface area contributed by atoms with Gasteiger partial charge in [-0.15, -0.1) is 0 Å². The van der Waals surface area contributed by atoms with Crippen molar-refractivity contribution in [2.75, 3.05) is 0 Å². The second-order valence-electron chi connectivity index (χ2n) is 3.04. The third-order valence-corrected chi connectivity index (χ3v) is 2.81. The van der Waals surface area contributed by atoms with E-state index >= 15 is 0 Å². The van der Waals surface area contributed by atoms with Crippen molar-refractivity contribution in [2.45, 2.75) is 18.6 Å². The average molecular weight is 224 g/mol. The molecule has 0 aliphatic heterocycles. The second kappa shape index (κ2) is 6.24. The lowest BCUT2D eigenvalue weighted by Crippen LogP contribution is -2.22. The Morgan fingerprint density at radius 3 is 2.53 bits per heavy atom. The van der Waals surface area contributed by atoms with Gasteiger partial charge in [-0.05, 0) is 17.3 Å². The van der Waals surface area contributed by atoms with Crippen molar-refractivity contribution >= 4 is 22.8 Å². The van der Waals surface area contributed by atoms with Crippen molar-refractivity contribution in [3.63, 3.8) is 0 Å². The number of hydrogen-bond donors (Lipinski definition) is 0. The van der Waals surface area contributed by atoms with E-state index in [9.17, 15) is 14.7 Å². The maximum atomic E-state index is 10.1. The Morgan fingerprint density at radius 1 is 1.27 bits per heavy atom. The summed E-state index contributed by atoms with van der Waals surface area (Å²) in [6.45, 7) is 0. The number of carbonyl (C=O) groups is 1. The molecule has 0 spiro atoms. The Labute approximate surface area is 92.5 Å². The van der Waals surface area contributed by atoms with Crippen LogP contribution in [0.4, 0.5) is 0 Å². The van der Waals surface area contributed by atoms with Gasteiger partial charge in [-0.2, -0.15) is 0 Å². The van der Waals surface area contributed by atoms with Crippen LogP contribution >= 0.6 is 11.8 Å². The molecule has 0 radical (unpaired) electrons. The van der Waals surface area contributed by atoms with Crippen molar-refractivity contribution in [1.29, 1.82) is 0 Å². The monoisotopic (exact) mass is 224 g/mol. The number of benzene rings is 1. The molecule has 0 bridgehead atoms. The number of rotatable bonds is 5. The summed E-state index contributed by atoms with van der Waals surface area (Å²) in [6.07, 6.45) is 0.0213. The van der Waals surface area contributed by atoms with Gasteiger partial charge in [0.05, 0.1) is 6.42 Å². The molecule has 0 unspecified atom stereocenters. The minimum Gasteiger partial charge on any atom is -0.550 e. The zero-order valence-corrected chi connectivity index (χ0v) is 9.00. The highest BCUT2D eigenvalue weighted by Crippen LogP contribution is 2.14. The fourth-order valence-electron chi connectivity index (χ4n) is 1.02. The van der Waals surface area contributed by atoms with E-state index in [4.69, 9.17) is 0 Å². The van der Waals surface area contributed by atoms with Gasteiger partial charge in [0, 0.05) is 18.1 Å². The Hall–Kier alpha value is -1.29. The highest BCUT2D eigenvalue weighted by molar-refractivity contribution is 8.13. The molecule has 1 rings (SSSR count). The predicted octanol–water partition coefficient (Wildman–Crippen LogP) is 0.952. The molecule has 1 N–H and O–H groups in total. The maximum absolute atomic E-state index is 10.1. The number of hydrogen-bond acceptors (Lipinski definition) is 3. The van der Waals surface area contributed by atoms with E-state index in [0.29, 0.717) is 5.75 Å². The normalized spacial score (nSPS) is 9.87. The lowest BCUT2D eigenvalue weighted by Gasteiger charge is -1.98. The molecule has 0 atom stereocenters. The number of carbonyl (C=O) groups excluding carboxylic acids is 2. The van der Waals surface area contributed by atoms with Gasteiger partial charge < -0.3 is 9.90 Å². The lowest BCUT2D eigenvalue weighted by molar-refractivity contribution is -0.305. The predicted molar refractivity (Wildman–Crippen MR) is 58.9 cm³/mol. The average Bonchev–Trinajstić information content (AvgIpc) is 2.25. The fourth-order valence-corrected chi connectivity index (χ4v) is 1.79. The van der Waals surface area contributed by atoms with E-state index in [2.05, 4.69) is 0 Å². The number of carboxylic acids is 1. The van der Waals surface area contributed by atoms with Gasteiger partial charge in [0.1, 0.15) is 0 Å². The van der Waals surface area contributed by atoms with Crippen LogP contribution in [0.2, 0.25) is 0 Å². The van der Waals surface area contributed by atoms with Gasteiger partial charge in [0.25, 0.3) is 0 Å². The zero-order valence-electron chi connectivity index (χ0n) is 8.18. The third kappa shape index (κ3) is 5.22. The lowest BCUT2D eigenvalue weighted by atomic mass is 10.2. The highest BCUT2D eigenvalue weighted by Gasteiger charge is 2.09. The number of aliphatic carboxylic acids is 1. The molecular formula is C11H12O3S. The van der Waals surface area contributed by atoms with Crippen LogP contribution in [0.5, 0.6) is 0 Å². The molecule has 1 aromatic rings. The summed E-state index contributed by atoms with van der Waals surface area (Å²) in [5.41, 5.74) is 1.10. The SMILES string of the molecule is O=C([O-])CCC(=[OH+])SCc1ccccc1. The molecular weight excluding hydrogens is 212 g/mol. The van der Waals surface area contributed by atoms with Gasteiger partial charge in [-0.25, -0.2) is 0 Å². The number of carboxylic acid groups (broad SMARTS) is 1. The first kappa shape index (κ1) is 11.8. The van der Waals surface area contributed by atoms with E-state index in [0.717, 1.165) is 5.56 Å². The summed E-state index contributed by atoms with van der Waals surface area (Å²) in [4.78, 5) is 19.5. The van der Waals surface area contributed by atoms with E-state index in [-0.39, 0.29) is 18.0 Å². The minimum atomic E-state index is -1.14. The summed E-state index contributed by atoms with van der Waals surface area (Å²) >= 11 is 1.25. The summed E-state index contributed by atoms with van der Waals surface area (Å²) in [7, 11) is 0. The van der Waals surface area contributed by atoms with Crippen LogP contribution in [-0.4, -0.2) is 15.9 Å². The number of thioether (sulfide) groups is 1. The molecule has 0 aliphatic carbocycles. The third-order valence-electron chi connectivity index (χ3n) is 1.79. The van der Waals surface area contributed by atoms with E-state index in [1.807, 2.05) is 30.3 Å². The van der Waals surface area contributed by atoms with Crippen molar-refractivity contribution in [3.05, 3.63) is 35.9 Å². The van der Waals surface area contributed by atoms with Crippen LogP contribution in [0.1, 0.15) is 18.4 Å². The van der Waals surface area contributed by atoms with Crippen LogP contribution < -0.4 is 5.11 Å². The van der Waals surface area contributed by atoms with Gasteiger partial charge in [-0.3, -0.25) is 4.79 Å². The Morgan fingerprint density at radius 2 is 1.93 bits per heavy atom. The van der Waals surface area contributed by atoms with Crippen molar-refractivity contribution < 1.29 is 14.7 Å². The van der Waals surface area contributed by atoms with Crippen LogP contribution in [0.15, 0.2) is 30.3 Å². The first-order valence-electron chi connectivity index (χ1n) is 4.60. The summed E-state index contributed by atoms with van der Waals surface area (Å²) in [5, 5.41) is 10.3. The molecule has 0 heterocycles. The first-order chi connectivity index (χ1) is 7.18. The summed E-state index contributed by atoms with van der Waals surface area (Å²) in [6, 6.07) is 9.69. The van der Waals surface area contributed by atoms with Crippen molar-refractivity contribution in [2.24, 2.45) is 0 Å². The van der Waals surface area contributed by atoms with Gasteiger partial charge in [0.2, 0.25) is 0 Å². The van der Waals surface area contributed by atoms with Crippen LogP contribution in [0, 0.1) is 0 Å². The Kier molecular flexibility index (Phi) is 4.90. The second-order valence-corrected chi connectivity index (χ2v) is 4.09. The molecule has 80 valence electrons. The van der Waals surface area contributed by atoms with Crippen molar-refractivity contribution in [1.82, 2.24) is 0 Å². The quantitative estimate of drug-likeness (QED) is 0.700. The molecule has 3 nitrogen and oxygen atoms in total. The minimum absolute atomic E-state index is 0.131. The molecule has 0 aromatic heterocycles. The molecule has 0 aliphatic rings. The largest absolute Gasteiger partial charge is 0.550 e. The van der Waals surface area contributed by atoms with Gasteiger partial charge >= 0.3 is 5.12 Å². The molecule has 4 heteroatoms. The topological polar surface area (TPSA) is 61.5 Å². The Bertz CT molecular complexity index is 335. The first-order valence-corrected chi connectivity index (χ1v) is 5.58. The van der Waals surface area contributed by atoms with E-state index in [1.165, 1.54) is 11.8 Å². The smallest absolute Gasteiger partial charge is 0.351 e. The van der Waals surface area contributed by atoms with Gasteiger partial charge in [-0.1, -0.05) is 30.3 Å². The molecule has 0 fully saturated rings. The summed E-state index contributed by atoms with van der Waals surface area (Å²) < 4.78 is 0. The standard InChI is InChI=1S/C11H12O3S/c12-10(13)6-7-11(14)15-8-9-4-2-1-3-5-9/h1-5H,6-8H2,(H,12,13). The molecule has 0 saturated carbocycles. The molecule has 0 saturated heterocycles. The maximum Gasteiger partial charge on any atom is 0.351 e. The van der Waals surface area contributed by atoms with Crippen LogP contribution in [-0.2, 0) is 10.5 Å². The highest BCUT2D eigenvalue weighted by atomic mass is 32.2. The summed E-state index contributed by atoms with van der Waals surface area (Å²) in [5.74, 6) is -0.485. The van der Waals surface area contributed by atoms with Crippen LogP contribution in [0.25, 0.3) is 0 Å². The van der Waals surface area contributed by atoms with Crippen molar-refractivity contribution in [3.8, 4) is 0 Å². The Balaban J connectivity index is 2.26. The molecule has 0 amide bonds. The zero-order chi connectivity index (χ0) is 11.1. The molecule has 1 aromatic carbocycles. The van der Waals surface area contributed by atoms with E-state index < -0.39 is 5.97 Å². The fraction of sp³-hybridized carbons (Fsp3) is 0.273. The van der Waals surface area contributed by atoms with Gasteiger partial charge in [0.15, 0.2) is 0 Å². The van der Waals surface area contributed by atoms with Crippen LogP contribution in [0.3, 0.4) is 0 Å².